The Bertz CT molecular complexity index is 679. The molecule has 0 aliphatic rings. The fraction of sp³-hybridized carbons (Fsp3) is 0.333. The van der Waals surface area contributed by atoms with Gasteiger partial charge < -0.3 is 15.5 Å². The molecule has 0 bridgehead atoms. The van der Waals surface area contributed by atoms with E-state index < -0.39 is 10.0 Å². The number of ether oxygens (including phenoxy) is 1. The number of hydrogen-bond donors (Lipinski definition) is 2. The highest BCUT2D eigenvalue weighted by Gasteiger charge is 2.23. The molecule has 0 amide bonds. The van der Waals surface area contributed by atoms with Crippen LogP contribution in [0, 0.1) is 0 Å². The average molecular weight is 283 g/mol. The van der Waals surface area contributed by atoms with Gasteiger partial charge >= 0.3 is 0 Å². The van der Waals surface area contributed by atoms with Crippen LogP contribution in [0.2, 0.25) is 0 Å². The van der Waals surface area contributed by atoms with E-state index in [1.54, 1.807) is 18.2 Å². The first-order chi connectivity index (χ1) is 8.96. The van der Waals surface area contributed by atoms with Gasteiger partial charge in [0.15, 0.2) is 0 Å². The van der Waals surface area contributed by atoms with Crippen LogP contribution in [0.1, 0.15) is 0 Å². The highest BCUT2D eigenvalue weighted by atomic mass is 32.2. The standard InChI is InChI=1S/C12H17N3O3S/c1-15(5-6-18-2)19(16,17)12-8-14-11-4-3-9(13)7-10(11)12/h3-4,7-8,14H,5-6,13H2,1-2H3. The van der Waals surface area contributed by atoms with Gasteiger partial charge in [-0.2, -0.15) is 4.31 Å². The van der Waals surface area contributed by atoms with E-state index in [9.17, 15) is 8.42 Å². The zero-order valence-electron chi connectivity index (χ0n) is 10.9. The molecule has 6 nitrogen and oxygen atoms in total. The lowest BCUT2D eigenvalue weighted by molar-refractivity contribution is 0.185. The quantitative estimate of drug-likeness (QED) is 0.802. The second kappa shape index (κ2) is 5.20. The molecular weight excluding hydrogens is 266 g/mol. The van der Waals surface area contributed by atoms with Gasteiger partial charge in [-0.1, -0.05) is 0 Å². The van der Waals surface area contributed by atoms with E-state index in [0.29, 0.717) is 24.2 Å². The number of aromatic nitrogens is 1. The number of anilines is 1. The third-order valence-corrected chi connectivity index (χ3v) is 4.86. The van der Waals surface area contributed by atoms with Crippen LogP contribution in [-0.4, -0.2) is 45.0 Å². The lowest BCUT2D eigenvalue weighted by Crippen LogP contribution is -2.29. The second-order valence-corrected chi connectivity index (χ2v) is 6.29. The van der Waals surface area contributed by atoms with Crippen LogP contribution in [0.5, 0.6) is 0 Å². The Labute approximate surface area is 112 Å². The predicted octanol–water partition coefficient (Wildman–Crippen LogP) is 1.02. The van der Waals surface area contributed by atoms with Crippen molar-refractivity contribution in [2.45, 2.75) is 4.90 Å². The molecule has 1 aromatic carbocycles. The van der Waals surface area contributed by atoms with Crippen LogP contribution < -0.4 is 5.73 Å². The minimum absolute atomic E-state index is 0.230. The van der Waals surface area contributed by atoms with E-state index in [-0.39, 0.29) is 4.90 Å². The van der Waals surface area contributed by atoms with Crippen molar-refractivity contribution >= 4 is 26.6 Å². The number of aromatic amines is 1. The first-order valence-corrected chi connectivity index (χ1v) is 7.22. The van der Waals surface area contributed by atoms with E-state index in [2.05, 4.69) is 4.98 Å². The molecule has 0 aliphatic carbocycles. The Hall–Kier alpha value is -1.57. The molecule has 1 aromatic heterocycles. The number of H-pyrrole nitrogens is 1. The zero-order valence-corrected chi connectivity index (χ0v) is 11.7. The van der Waals surface area contributed by atoms with E-state index in [1.807, 2.05) is 0 Å². The van der Waals surface area contributed by atoms with Crippen LogP contribution in [-0.2, 0) is 14.8 Å². The first kappa shape index (κ1) is 13.9. The number of fused-ring (bicyclic) bond motifs is 1. The monoisotopic (exact) mass is 283 g/mol. The first-order valence-electron chi connectivity index (χ1n) is 5.78. The van der Waals surface area contributed by atoms with E-state index in [0.717, 1.165) is 5.52 Å². The summed E-state index contributed by atoms with van der Waals surface area (Å²) in [5.74, 6) is 0. The third-order valence-electron chi connectivity index (χ3n) is 2.97. The van der Waals surface area contributed by atoms with Gasteiger partial charge in [0.25, 0.3) is 0 Å². The molecule has 2 rings (SSSR count). The largest absolute Gasteiger partial charge is 0.399 e. The molecule has 3 N–H and O–H groups in total. The summed E-state index contributed by atoms with van der Waals surface area (Å²) in [7, 11) is -0.483. The van der Waals surface area contributed by atoms with Crippen LogP contribution in [0.25, 0.3) is 10.9 Å². The lowest BCUT2D eigenvalue weighted by Gasteiger charge is -2.16. The number of methoxy groups -OCH3 is 1. The van der Waals surface area contributed by atoms with Crippen molar-refractivity contribution in [2.24, 2.45) is 0 Å². The molecule has 1 heterocycles. The maximum atomic E-state index is 12.4. The molecule has 0 radical (unpaired) electrons. The number of nitrogens with one attached hydrogen (secondary N) is 1. The van der Waals surface area contributed by atoms with Crippen LogP contribution in [0.4, 0.5) is 5.69 Å². The number of nitrogen functional groups attached to an aromatic ring is 1. The van der Waals surface area contributed by atoms with Crippen LogP contribution in [0.3, 0.4) is 0 Å². The number of likely N-dealkylation sites (N-methyl/N-ethyl adjacent to an activating group) is 1. The Morgan fingerprint density at radius 2 is 2.16 bits per heavy atom. The van der Waals surface area contributed by atoms with Gasteiger partial charge in [-0.05, 0) is 18.2 Å². The highest BCUT2D eigenvalue weighted by molar-refractivity contribution is 7.89. The molecule has 7 heteroatoms. The number of nitrogens with two attached hydrogens (primary N) is 1. The second-order valence-electron chi connectivity index (χ2n) is 4.28. The minimum Gasteiger partial charge on any atom is -0.399 e. The Balaban J connectivity index is 2.45. The van der Waals surface area contributed by atoms with Crippen LogP contribution >= 0.6 is 0 Å². The molecule has 0 fully saturated rings. The summed E-state index contributed by atoms with van der Waals surface area (Å²) in [5.41, 5.74) is 6.98. The number of sulfonamides is 1. The molecule has 0 atom stereocenters. The van der Waals surface area contributed by atoms with E-state index >= 15 is 0 Å². The van der Waals surface area contributed by atoms with Crippen molar-refractivity contribution in [3.8, 4) is 0 Å². The molecule has 0 unspecified atom stereocenters. The lowest BCUT2D eigenvalue weighted by atomic mass is 10.2. The van der Waals surface area contributed by atoms with Gasteiger partial charge in [-0.15, -0.1) is 0 Å². The Morgan fingerprint density at radius 3 is 2.84 bits per heavy atom. The Morgan fingerprint density at radius 1 is 1.42 bits per heavy atom. The predicted molar refractivity (Wildman–Crippen MR) is 74.4 cm³/mol. The van der Waals surface area contributed by atoms with Crippen molar-refractivity contribution in [1.82, 2.24) is 9.29 Å². The van der Waals surface area contributed by atoms with Gasteiger partial charge in [0.05, 0.1) is 6.61 Å². The van der Waals surface area contributed by atoms with E-state index in [4.69, 9.17) is 10.5 Å². The van der Waals surface area contributed by atoms with Crippen molar-refractivity contribution in [2.75, 3.05) is 33.0 Å². The number of hydrogen-bond acceptors (Lipinski definition) is 4. The summed E-state index contributed by atoms with van der Waals surface area (Å²) in [4.78, 5) is 3.17. The van der Waals surface area contributed by atoms with Crippen LogP contribution in [0.15, 0.2) is 29.3 Å². The highest BCUT2D eigenvalue weighted by Crippen LogP contribution is 2.26. The molecule has 104 valence electrons. The van der Waals surface area contributed by atoms with Crippen molar-refractivity contribution in [3.63, 3.8) is 0 Å². The van der Waals surface area contributed by atoms with Gasteiger partial charge in [-0.3, -0.25) is 0 Å². The van der Waals surface area contributed by atoms with E-state index in [1.165, 1.54) is 24.7 Å². The summed E-state index contributed by atoms with van der Waals surface area (Å²) in [6.45, 7) is 0.647. The van der Waals surface area contributed by atoms with Crippen molar-refractivity contribution < 1.29 is 13.2 Å². The summed E-state index contributed by atoms with van der Waals surface area (Å²) in [6.07, 6.45) is 1.49. The molecule has 0 saturated heterocycles. The molecule has 0 spiro atoms. The average Bonchev–Trinajstić information content (AvgIpc) is 2.79. The fourth-order valence-electron chi connectivity index (χ4n) is 1.83. The van der Waals surface area contributed by atoms with Crippen molar-refractivity contribution in [1.29, 1.82) is 0 Å². The zero-order chi connectivity index (χ0) is 14.0. The number of benzene rings is 1. The summed E-state index contributed by atoms with van der Waals surface area (Å²) >= 11 is 0. The fourth-order valence-corrected chi connectivity index (χ4v) is 3.14. The van der Waals surface area contributed by atoms with Gasteiger partial charge in [0.2, 0.25) is 10.0 Å². The SMILES string of the molecule is COCCN(C)S(=O)(=O)c1c[nH]c2ccc(N)cc12. The van der Waals surface area contributed by atoms with Crippen molar-refractivity contribution in [3.05, 3.63) is 24.4 Å². The number of rotatable bonds is 5. The minimum atomic E-state index is -3.54. The topological polar surface area (TPSA) is 88.4 Å². The maximum Gasteiger partial charge on any atom is 0.245 e. The summed E-state index contributed by atoms with van der Waals surface area (Å²) < 4.78 is 31.0. The molecule has 0 aliphatic heterocycles. The summed E-state index contributed by atoms with van der Waals surface area (Å²) in [6, 6.07) is 5.14. The molecule has 0 saturated carbocycles. The third kappa shape index (κ3) is 2.58. The molecular formula is C12H17N3O3S. The molecule has 2 aromatic rings. The summed E-state index contributed by atoms with van der Waals surface area (Å²) in [5, 5.41) is 0.601. The van der Waals surface area contributed by atoms with Gasteiger partial charge in [-0.25, -0.2) is 8.42 Å². The normalized spacial score (nSPS) is 12.4. The maximum absolute atomic E-state index is 12.4. The molecule has 19 heavy (non-hydrogen) atoms. The smallest absolute Gasteiger partial charge is 0.245 e. The number of nitrogens with zero attached hydrogens (tertiary/aromatic N) is 1. The Kier molecular flexibility index (Phi) is 3.79. The van der Waals surface area contributed by atoms with Gasteiger partial charge in [0, 0.05) is 43.5 Å². The van der Waals surface area contributed by atoms with Gasteiger partial charge in [0.1, 0.15) is 4.90 Å².